The highest BCUT2D eigenvalue weighted by Gasteiger charge is 2.53. The highest BCUT2D eigenvalue weighted by atomic mass is 16.1. The van der Waals surface area contributed by atoms with Crippen LogP contribution in [0.4, 0.5) is 0 Å². The van der Waals surface area contributed by atoms with Crippen LogP contribution < -0.4 is 5.32 Å². The lowest BCUT2D eigenvalue weighted by Crippen LogP contribution is -2.52. The normalized spacial score (nSPS) is 18.9. The molecule has 0 bridgehead atoms. The maximum absolute atomic E-state index is 12.8. The second-order valence-corrected chi connectivity index (χ2v) is 6.27. The zero-order valence-corrected chi connectivity index (χ0v) is 12.1. The summed E-state index contributed by atoms with van der Waals surface area (Å²) in [7, 11) is 0. The number of carbonyl (C=O) groups is 1. The van der Waals surface area contributed by atoms with Crippen molar-refractivity contribution in [1.29, 1.82) is 0 Å². The second-order valence-electron chi connectivity index (χ2n) is 6.27. The summed E-state index contributed by atoms with van der Waals surface area (Å²) in [5, 5.41) is 14.8. The Morgan fingerprint density at radius 3 is 2.71 bits per heavy atom. The van der Waals surface area contributed by atoms with E-state index in [0.717, 1.165) is 6.42 Å². The van der Waals surface area contributed by atoms with Crippen molar-refractivity contribution >= 4 is 11.6 Å². The van der Waals surface area contributed by atoms with Crippen molar-refractivity contribution in [3.63, 3.8) is 0 Å². The molecule has 2 aromatic heterocycles. The summed E-state index contributed by atoms with van der Waals surface area (Å²) in [5.41, 5.74) is 1.06. The van der Waals surface area contributed by atoms with Gasteiger partial charge in [0.05, 0.1) is 5.56 Å². The summed E-state index contributed by atoms with van der Waals surface area (Å²) in [4.78, 5) is 12.8. The first kappa shape index (κ1) is 12.7. The number of fused-ring (bicyclic) bond motifs is 1. The largest absolute Gasteiger partial charge is 0.346 e. The molecule has 2 fully saturated rings. The minimum absolute atomic E-state index is 0.0165. The number of rotatable bonds is 5. The number of pyridine rings is 1. The van der Waals surface area contributed by atoms with Gasteiger partial charge >= 0.3 is 0 Å². The Kier molecular flexibility index (Phi) is 2.74. The van der Waals surface area contributed by atoms with Crippen molar-refractivity contribution in [2.24, 2.45) is 11.8 Å². The fourth-order valence-corrected chi connectivity index (χ4v) is 3.62. The summed E-state index contributed by atoms with van der Waals surface area (Å²) in [5.74, 6) is 1.25. The van der Waals surface area contributed by atoms with Crippen molar-refractivity contribution in [2.75, 3.05) is 0 Å². The molecule has 0 aromatic carbocycles. The number of tetrazole rings is 1. The van der Waals surface area contributed by atoms with Crippen molar-refractivity contribution < 1.29 is 4.79 Å². The van der Waals surface area contributed by atoms with Gasteiger partial charge in [-0.1, -0.05) is 6.92 Å². The Bertz CT molecular complexity index is 674. The predicted molar refractivity (Wildman–Crippen MR) is 76.7 cm³/mol. The van der Waals surface area contributed by atoms with Gasteiger partial charge in [-0.05, 0) is 66.5 Å². The molecule has 2 aliphatic carbocycles. The maximum atomic E-state index is 12.8. The molecule has 2 aliphatic rings. The third kappa shape index (κ3) is 2.01. The molecule has 21 heavy (non-hydrogen) atoms. The first-order chi connectivity index (χ1) is 10.2. The molecule has 2 heterocycles. The van der Waals surface area contributed by atoms with Crippen molar-refractivity contribution in [2.45, 2.75) is 44.6 Å². The summed E-state index contributed by atoms with van der Waals surface area (Å²) < 4.78 is 1.54. The molecule has 0 radical (unpaired) electrons. The molecule has 6 heteroatoms. The van der Waals surface area contributed by atoms with Crippen LogP contribution in [-0.4, -0.2) is 31.5 Å². The van der Waals surface area contributed by atoms with Crippen LogP contribution in [0.1, 0.15) is 49.4 Å². The smallest absolute Gasteiger partial charge is 0.255 e. The van der Waals surface area contributed by atoms with E-state index in [1.54, 1.807) is 18.3 Å². The van der Waals surface area contributed by atoms with E-state index in [1.165, 1.54) is 30.2 Å². The van der Waals surface area contributed by atoms with E-state index in [2.05, 4.69) is 27.8 Å². The van der Waals surface area contributed by atoms with Crippen LogP contribution in [0, 0.1) is 11.8 Å². The molecule has 0 saturated heterocycles. The average molecular weight is 285 g/mol. The van der Waals surface area contributed by atoms with Crippen LogP contribution in [-0.2, 0) is 0 Å². The predicted octanol–water partition coefficient (Wildman–Crippen LogP) is 1.82. The quantitative estimate of drug-likeness (QED) is 0.909. The maximum Gasteiger partial charge on any atom is 0.255 e. The SMILES string of the molecule is CCC(NC(=O)c1cccn2nnnc12)(C1CC1)C1CC1. The lowest BCUT2D eigenvalue weighted by atomic mass is 9.84. The number of hydrogen-bond donors (Lipinski definition) is 1. The van der Waals surface area contributed by atoms with E-state index < -0.39 is 0 Å². The van der Waals surface area contributed by atoms with E-state index in [-0.39, 0.29) is 11.4 Å². The number of hydrogen-bond acceptors (Lipinski definition) is 4. The Morgan fingerprint density at radius 1 is 1.38 bits per heavy atom. The Labute approximate surface area is 122 Å². The molecule has 0 aliphatic heterocycles. The van der Waals surface area contributed by atoms with Crippen molar-refractivity contribution in [1.82, 2.24) is 25.4 Å². The van der Waals surface area contributed by atoms with Gasteiger partial charge in [0, 0.05) is 11.7 Å². The minimum Gasteiger partial charge on any atom is -0.346 e. The molecule has 2 saturated carbocycles. The number of nitrogens with zero attached hydrogens (tertiary/aromatic N) is 4. The summed E-state index contributed by atoms with van der Waals surface area (Å²) >= 11 is 0. The Morgan fingerprint density at radius 2 is 2.10 bits per heavy atom. The summed E-state index contributed by atoms with van der Waals surface area (Å²) in [6.45, 7) is 2.19. The fourth-order valence-electron chi connectivity index (χ4n) is 3.62. The lowest BCUT2D eigenvalue weighted by Gasteiger charge is -2.34. The van der Waals surface area contributed by atoms with Gasteiger partial charge < -0.3 is 5.32 Å². The molecular formula is C15H19N5O. The molecule has 0 unspecified atom stereocenters. The molecule has 0 spiro atoms. The second kappa shape index (κ2) is 4.51. The standard InChI is InChI=1S/C15H19N5O/c1-2-15(10-5-6-10,11-7-8-11)16-14(21)12-4-3-9-20-13(12)17-18-19-20/h3-4,9-11H,2,5-8H2,1H3,(H,16,21). The van der Waals surface area contributed by atoms with E-state index in [4.69, 9.17) is 0 Å². The Balaban J connectivity index is 1.66. The Hall–Kier alpha value is -1.98. The van der Waals surface area contributed by atoms with Gasteiger partial charge in [-0.25, -0.2) is 0 Å². The molecular weight excluding hydrogens is 266 g/mol. The topological polar surface area (TPSA) is 72.2 Å². The van der Waals surface area contributed by atoms with Crippen molar-refractivity contribution in [3.05, 3.63) is 23.9 Å². The average Bonchev–Trinajstić information content (AvgIpc) is 3.41. The highest BCUT2D eigenvalue weighted by Crippen LogP contribution is 2.53. The number of amides is 1. The summed E-state index contributed by atoms with van der Waals surface area (Å²) in [6, 6.07) is 3.60. The number of carbonyl (C=O) groups excluding carboxylic acids is 1. The fraction of sp³-hybridized carbons (Fsp3) is 0.600. The van der Waals surface area contributed by atoms with E-state index in [1.807, 2.05) is 0 Å². The monoisotopic (exact) mass is 285 g/mol. The van der Waals surface area contributed by atoms with Gasteiger partial charge in [0.15, 0.2) is 5.65 Å². The molecule has 4 rings (SSSR count). The third-order valence-corrected chi connectivity index (χ3v) is 5.01. The van der Waals surface area contributed by atoms with Crippen LogP contribution >= 0.6 is 0 Å². The number of nitrogens with one attached hydrogen (secondary N) is 1. The van der Waals surface area contributed by atoms with Crippen LogP contribution in [0.2, 0.25) is 0 Å². The first-order valence-electron chi connectivity index (χ1n) is 7.74. The summed E-state index contributed by atoms with van der Waals surface area (Å²) in [6.07, 6.45) is 7.70. The molecule has 2 aromatic rings. The first-order valence-corrected chi connectivity index (χ1v) is 7.74. The van der Waals surface area contributed by atoms with E-state index in [0.29, 0.717) is 23.0 Å². The van der Waals surface area contributed by atoms with Gasteiger partial charge in [0.25, 0.3) is 5.91 Å². The molecule has 110 valence electrons. The molecule has 0 atom stereocenters. The van der Waals surface area contributed by atoms with Crippen LogP contribution in [0.15, 0.2) is 18.3 Å². The minimum atomic E-state index is -0.0453. The number of aromatic nitrogens is 4. The van der Waals surface area contributed by atoms with Crippen LogP contribution in [0.5, 0.6) is 0 Å². The van der Waals surface area contributed by atoms with Gasteiger partial charge in [0.2, 0.25) is 0 Å². The van der Waals surface area contributed by atoms with Gasteiger partial charge in [-0.3, -0.25) is 4.79 Å². The van der Waals surface area contributed by atoms with Crippen LogP contribution in [0.25, 0.3) is 5.65 Å². The van der Waals surface area contributed by atoms with Crippen molar-refractivity contribution in [3.8, 4) is 0 Å². The van der Waals surface area contributed by atoms with Gasteiger partial charge in [-0.15, -0.1) is 5.10 Å². The lowest BCUT2D eigenvalue weighted by molar-refractivity contribution is 0.0860. The highest BCUT2D eigenvalue weighted by molar-refractivity contribution is 6.00. The molecule has 6 nitrogen and oxygen atoms in total. The van der Waals surface area contributed by atoms with Gasteiger partial charge in [0.1, 0.15) is 0 Å². The molecule has 1 amide bonds. The van der Waals surface area contributed by atoms with E-state index >= 15 is 0 Å². The van der Waals surface area contributed by atoms with Gasteiger partial charge in [-0.2, -0.15) is 4.52 Å². The van der Waals surface area contributed by atoms with E-state index in [9.17, 15) is 4.79 Å². The zero-order chi connectivity index (χ0) is 14.4. The molecule has 1 N–H and O–H groups in total. The third-order valence-electron chi connectivity index (χ3n) is 5.01. The van der Waals surface area contributed by atoms with Crippen LogP contribution in [0.3, 0.4) is 0 Å². The zero-order valence-electron chi connectivity index (χ0n) is 12.1.